The standard InChI is InChI=1S/C13H7BrN4S/c14-9-4-2-1-3-7(9)10-8(5-15)11-12(18-10)13(19)17-6-16-11/h1-4,6,19H,(H,16,17). The van der Waals surface area contributed by atoms with Crippen LogP contribution in [0.4, 0.5) is 0 Å². The number of aromatic nitrogens is 3. The van der Waals surface area contributed by atoms with Crippen molar-refractivity contribution in [2.24, 2.45) is 0 Å². The lowest BCUT2D eigenvalue weighted by molar-refractivity contribution is 1.04. The van der Waals surface area contributed by atoms with Crippen LogP contribution in [0.15, 0.2) is 40.1 Å². The van der Waals surface area contributed by atoms with Crippen LogP contribution in [-0.4, -0.2) is 15.0 Å². The van der Waals surface area contributed by atoms with Gasteiger partial charge in [0.25, 0.3) is 0 Å². The van der Waals surface area contributed by atoms with Gasteiger partial charge in [0.15, 0.2) is 0 Å². The van der Waals surface area contributed by atoms with Crippen LogP contribution in [0.3, 0.4) is 0 Å². The molecular formula is C13H7BrN4S. The molecular weight excluding hydrogens is 324 g/mol. The molecule has 0 aromatic heterocycles. The lowest BCUT2D eigenvalue weighted by Crippen LogP contribution is -1.89. The minimum atomic E-state index is 0.464. The Morgan fingerprint density at radius 2 is 2.00 bits per heavy atom. The molecule has 6 heteroatoms. The molecule has 4 nitrogen and oxygen atoms in total. The minimum Gasteiger partial charge on any atom is -0.339 e. The third kappa shape index (κ3) is 1.91. The number of halogens is 1. The van der Waals surface area contributed by atoms with Gasteiger partial charge in [-0.2, -0.15) is 5.26 Å². The van der Waals surface area contributed by atoms with Gasteiger partial charge in [-0.25, -0.2) is 9.97 Å². The molecule has 0 radical (unpaired) electrons. The van der Waals surface area contributed by atoms with E-state index in [1.54, 1.807) is 0 Å². The van der Waals surface area contributed by atoms with E-state index < -0.39 is 0 Å². The molecule has 0 atom stereocenters. The van der Waals surface area contributed by atoms with Gasteiger partial charge in [0.2, 0.25) is 0 Å². The zero-order valence-corrected chi connectivity index (χ0v) is 12.0. The SMILES string of the molecule is N#Cc1c(-c2ccccc2Br)nc2c(S)[nH]cnc1-2. The Hall–Kier alpha value is -1.84. The van der Waals surface area contributed by atoms with Crippen LogP contribution in [0, 0.1) is 11.3 Å². The van der Waals surface area contributed by atoms with E-state index in [9.17, 15) is 5.26 Å². The summed E-state index contributed by atoms with van der Waals surface area (Å²) in [4.78, 5) is 11.5. The number of fused-ring (bicyclic) bond motifs is 1. The van der Waals surface area contributed by atoms with Gasteiger partial charge in [-0.05, 0) is 6.07 Å². The molecule has 2 heterocycles. The van der Waals surface area contributed by atoms with Crippen LogP contribution in [0.25, 0.3) is 22.6 Å². The van der Waals surface area contributed by atoms with Gasteiger partial charge in [-0.1, -0.05) is 34.1 Å². The van der Waals surface area contributed by atoms with Crippen molar-refractivity contribution in [2.75, 3.05) is 0 Å². The molecule has 0 amide bonds. The molecule has 0 aliphatic carbocycles. The summed E-state index contributed by atoms with van der Waals surface area (Å²) >= 11 is 7.78. The number of hydrogen-bond acceptors (Lipinski definition) is 4. The van der Waals surface area contributed by atoms with E-state index >= 15 is 0 Å². The molecule has 2 aliphatic rings. The Kier molecular flexibility index (Phi) is 3.01. The molecule has 0 unspecified atom stereocenters. The third-order valence-electron chi connectivity index (χ3n) is 2.78. The number of nitrogens with zero attached hydrogens (tertiary/aromatic N) is 3. The van der Waals surface area contributed by atoms with E-state index in [1.165, 1.54) is 6.33 Å². The topological polar surface area (TPSA) is 65.4 Å². The van der Waals surface area contributed by atoms with E-state index in [-0.39, 0.29) is 0 Å². The van der Waals surface area contributed by atoms with Gasteiger partial charge in [-0.3, -0.25) is 0 Å². The Labute approximate surface area is 123 Å². The zero-order valence-electron chi connectivity index (χ0n) is 9.55. The highest BCUT2D eigenvalue weighted by Crippen LogP contribution is 2.37. The fourth-order valence-corrected chi connectivity index (χ4v) is 2.61. The van der Waals surface area contributed by atoms with Gasteiger partial charge < -0.3 is 4.98 Å². The second-order valence-corrected chi connectivity index (χ2v) is 5.18. The number of nitrogens with one attached hydrogen (secondary N) is 1. The molecule has 0 saturated heterocycles. The monoisotopic (exact) mass is 330 g/mol. The lowest BCUT2D eigenvalue weighted by atomic mass is 10.1. The first-order valence-corrected chi connectivity index (χ1v) is 6.67. The van der Waals surface area contributed by atoms with E-state index in [0.29, 0.717) is 27.7 Å². The fraction of sp³-hybridized carbons (Fsp3) is 0. The van der Waals surface area contributed by atoms with Crippen molar-refractivity contribution in [3.8, 4) is 28.7 Å². The average molecular weight is 331 g/mol. The summed E-state index contributed by atoms with van der Waals surface area (Å²) in [6, 6.07) is 9.82. The van der Waals surface area contributed by atoms with E-state index in [2.05, 4.69) is 49.6 Å². The maximum absolute atomic E-state index is 9.37. The van der Waals surface area contributed by atoms with Gasteiger partial charge in [0.1, 0.15) is 23.0 Å². The first kappa shape index (κ1) is 12.2. The van der Waals surface area contributed by atoms with Crippen LogP contribution in [0.5, 0.6) is 0 Å². The van der Waals surface area contributed by atoms with Crippen molar-refractivity contribution in [1.29, 1.82) is 5.26 Å². The maximum Gasteiger partial charge on any atom is 0.121 e. The molecule has 92 valence electrons. The molecule has 0 bridgehead atoms. The van der Waals surface area contributed by atoms with Gasteiger partial charge in [0.05, 0.1) is 17.0 Å². The van der Waals surface area contributed by atoms with Crippen molar-refractivity contribution in [2.45, 2.75) is 5.03 Å². The summed E-state index contributed by atoms with van der Waals surface area (Å²) < 4.78 is 0.888. The van der Waals surface area contributed by atoms with E-state index in [4.69, 9.17) is 0 Å². The smallest absolute Gasteiger partial charge is 0.121 e. The molecule has 0 saturated carbocycles. The normalized spacial score (nSPS) is 10.6. The largest absolute Gasteiger partial charge is 0.339 e. The molecule has 0 spiro atoms. The van der Waals surface area contributed by atoms with Gasteiger partial charge in [-0.15, -0.1) is 12.6 Å². The molecule has 2 aliphatic heterocycles. The molecule has 19 heavy (non-hydrogen) atoms. The van der Waals surface area contributed by atoms with Gasteiger partial charge >= 0.3 is 0 Å². The van der Waals surface area contributed by atoms with Crippen molar-refractivity contribution in [3.05, 3.63) is 40.6 Å². The average Bonchev–Trinajstić information content (AvgIpc) is 2.79. The van der Waals surface area contributed by atoms with Crippen molar-refractivity contribution < 1.29 is 0 Å². The van der Waals surface area contributed by atoms with Crippen molar-refractivity contribution in [3.63, 3.8) is 0 Å². The predicted octanol–water partition coefficient (Wildman–Crippen LogP) is 3.50. The molecule has 0 fully saturated rings. The number of benzene rings is 1. The summed E-state index contributed by atoms with van der Waals surface area (Å²) in [5, 5.41) is 9.97. The summed E-state index contributed by atoms with van der Waals surface area (Å²) in [7, 11) is 0. The molecule has 1 aromatic carbocycles. The molecule has 3 rings (SSSR count). The first-order chi connectivity index (χ1) is 9.22. The second-order valence-electron chi connectivity index (χ2n) is 3.88. The Morgan fingerprint density at radius 3 is 2.74 bits per heavy atom. The highest BCUT2D eigenvalue weighted by atomic mass is 79.9. The lowest BCUT2D eigenvalue weighted by Gasteiger charge is -2.00. The summed E-state index contributed by atoms with van der Waals surface area (Å²) in [5.41, 5.74) is 3.12. The zero-order chi connectivity index (χ0) is 13.4. The predicted molar refractivity (Wildman–Crippen MR) is 78.1 cm³/mol. The Balaban J connectivity index is 2.37. The van der Waals surface area contributed by atoms with Crippen molar-refractivity contribution in [1.82, 2.24) is 15.0 Å². The van der Waals surface area contributed by atoms with Crippen LogP contribution in [0.2, 0.25) is 0 Å². The second kappa shape index (κ2) is 4.68. The van der Waals surface area contributed by atoms with E-state index in [1.807, 2.05) is 24.3 Å². The van der Waals surface area contributed by atoms with Crippen LogP contribution < -0.4 is 0 Å². The number of nitriles is 1. The number of hydrogen-bond donors (Lipinski definition) is 2. The number of rotatable bonds is 1. The summed E-state index contributed by atoms with van der Waals surface area (Å²) in [6.07, 6.45) is 1.51. The highest BCUT2D eigenvalue weighted by molar-refractivity contribution is 9.10. The summed E-state index contributed by atoms with van der Waals surface area (Å²) in [6.45, 7) is 0. The Bertz CT molecular complexity index is 775. The van der Waals surface area contributed by atoms with Crippen LogP contribution in [0.1, 0.15) is 5.56 Å². The number of aromatic amines is 1. The maximum atomic E-state index is 9.37. The third-order valence-corrected chi connectivity index (χ3v) is 3.81. The highest BCUT2D eigenvalue weighted by Gasteiger charge is 2.23. The van der Waals surface area contributed by atoms with Crippen LogP contribution >= 0.6 is 28.6 Å². The minimum absolute atomic E-state index is 0.464. The van der Waals surface area contributed by atoms with Gasteiger partial charge in [0, 0.05) is 10.0 Å². The first-order valence-electron chi connectivity index (χ1n) is 5.43. The quantitative estimate of drug-likeness (QED) is 0.530. The molecule has 1 aromatic rings. The van der Waals surface area contributed by atoms with Crippen molar-refractivity contribution >= 4 is 28.6 Å². The van der Waals surface area contributed by atoms with Crippen LogP contribution in [-0.2, 0) is 0 Å². The number of H-pyrrole nitrogens is 1. The van der Waals surface area contributed by atoms with E-state index in [0.717, 1.165) is 10.0 Å². The molecule has 1 N–H and O–H groups in total. The number of thiol groups is 1. The fourth-order valence-electron chi connectivity index (χ4n) is 1.92. The summed E-state index contributed by atoms with van der Waals surface area (Å²) in [5.74, 6) is 0. The Morgan fingerprint density at radius 1 is 1.21 bits per heavy atom.